The van der Waals surface area contributed by atoms with E-state index in [1.165, 1.54) is 6.42 Å². The number of nitrogens with zero attached hydrogens (tertiary/aromatic N) is 3. The molecule has 2 saturated heterocycles. The van der Waals surface area contributed by atoms with Crippen LogP contribution >= 0.6 is 0 Å². The van der Waals surface area contributed by atoms with Crippen molar-refractivity contribution in [3.05, 3.63) is 23.8 Å². The average molecular weight is 462 g/mol. The van der Waals surface area contributed by atoms with E-state index < -0.39 is 10.0 Å². The van der Waals surface area contributed by atoms with Gasteiger partial charge in [0.15, 0.2) is 0 Å². The van der Waals surface area contributed by atoms with Crippen LogP contribution in [0.5, 0.6) is 0 Å². The van der Waals surface area contributed by atoms with Crippen LogP contribution in [-0.4, -0.2) is 61.7 Å². The second-order valence-corrected chi connectivity index (χ2v) is 11.1. The number of fused-ring (bicyclic) bond motifs is 1. The van der Waals surface area contributed by atoms with Crippen molar-refractivity contribution in [1.29, 1.82) is 0 Å². The molecule has 2 amide bonds. The molecule has 4 rings (SSSR count). The maximum Gasteiger partial charge on any atom is 0.243 e. The number of piperidine rings is 2. The third kappa shape index (κ3) is 4.71. The minimum Gasteiger partial charge on any atom is -0.343 e. The number of sulfonamides is 1. The smallest absolute Gasteiger partial charge is 0.243 e. The van der Waals surface area contributed by atoms with Gasteiger partial charge in [0, 0.05) is 50.7 Å². The van der Waals surface area contributed by atoms with Gasteiger partial charge >= 0.3 is 0 Å². The first-order chi connectivity index (χ1) is 15.4. The summed E-state index contributed by atoms with van der Waals surface area (Å²) >= 11 is 0. The zero-order valence-corrected chi connectivity index (χ0v) is 19.9. The number of benzene rings is 1. The average Bonchev–Trinajstić information content (AvgIpc) is 3.26. The van der Waals surface area contributed by atoms with Gasteiger partial charge in [-0.25, -0.2) is 8.42 Å². The quantitative estimate of drug-likeness (QED) is 0.651. The van der Waals surface area contributed by atoms with Gasteiger partial charge in [-0.05, 0) is 68.7 Å². The van der Waals surface area contributed by atoms with Crippen molar-refractivity contribution < 1.29 is 18.0 Å². The highest BCUT2D eigenvalue weighted by molar-refractivity contribution is 7.89. The number of hydrogen-bond donors (Lipinski definition) is 0. The number of likely N-dealkylation sites (tertiary alicyclic amines) is 1. The Morgan fingerprint density at radius 2 is 1.66 bits per heavy atom. The molecule has 176 valence electrons. The molecule has 1 atom stereocenters. The van der Waals surface area contributed by atoms with E-state index >= 15 is 0 Å². The van der Waals surface area contributed by atoms with Crippen molar-refractivity contribution >= 4 is 27.5 Å². The lowest BCUT2D eigenvalue weighted by atomic mass is 10.0. The van der Waals surface area contributed by atoms with Crippen LogP contribution in [0.3, 0.4) is 0 Å². The number of carbonyl (C=O) groups excluding carboxylic acids is 2. The van der Waals surface area contributed by atoms with E-state index in [0.717, 1.165) is 62.9 Å². The zero-order chi connectivity index (χ0) is 22.7. The molecule has 0 spiro atoms. The fraction of sp³-hybridized carbons (Fsp3) is 0.667. The molecule has 0 bridgehead atoms. The summed E-state index contributed by atoms with van der Waals surface area (Å²) in [5.74, 6) is -0.00212. The van der Waals surface area contributed by atoms with Crippen LogP contribution in [0.1, 0.15) is 70.3 Å². The highest BCUT2D eigenvalue weighted by Crippen LogP contribution is 2.33. The molecule has 3 heterocycles. The van der Waals surface area contributed by atoms with Gasteiger partial charge in [-0.2, -0.15) is 4.31 Å². The summed E-state index contributed by atoms with van der Waals surface area (Å²) in [4.78, 5) is 29.1. The van der Waals surface area contributed by atoms with Crippen molar-refractivity contribution in [1.82, 2.24) is 9.21 Å². The molecule has 7 nitrogen and oxygen atoms in total. The van der Waals surface area contributed by atoms with E-state index in [1.807, 2.05) is 11.8 Å². The molecule has 0 unspecified atom stereocenters. The fourth-order valence-electron chi connectivity index (χ4n) is 5.28. The zero-order valence-electron chi connectivity index (χ0n) is 19.1. The molecule has 3 aliphatic heterocycles. The summed E-state index contributed by atoms with van der Waals surface area (Å²) < 4.78 is 28.3. The molecule has 0 radical (unpaired) electrons. The van der Waals surface area contributed by atoms with Crippen LogP contribution in [0.15, 0.2) is 23.1 Å². The number of rotatable bonds is 6. The van der Waals surface area contributed by atoms with Gasteiger partial charge in [-0.3, -0.25) is 9.59 Å². The van der Waals surface area contributed by atoms with E-state index in [-0.39, 0.29) is 30.7 Å². The predicted molar refractivity (Wildman–Crippen MR) is 124 cm³/mol. The van der Waals surface area contributed by atoms with Crippen LogP contribution in [0.4, 0.5) is 5.69 Å². The van der Waals surface area contributed by atoms with Gasteiger partial charge < -0.3 is 9.80 Å². The summed E-state index contributed by atoms with van der Waals surface area (Å²) in [6.45, 7) is 4.75. The van der Waals surface area contributed by atoms with Crippen molar-refractivity contribution in [3.8, 4) is 0 Å². The second-order valence-electron chi connectivity index (χ2n) is 9.20. The first kappa shape index (κ1) is 23.2. The summed E-state index contributed by atoms with van der Waals surface area (Å²) in [5.41, 5.74) is 1.68. The molecule has 0 saturated carbocycles. The van der Waals surface area contributed by atoms with Gasteiger partial charge in [-0.15, -0.1) is 0 Å². The molecule has 3 aliphatic rings. The molecule has 0 aromatic heterocycles. The van der Waals surface area contributed by atoms with Crippen molar-refractivity contribution in [3.63, 3.8) is 0 Å². The third-order valence-electron chi connectivity index (χ3n) is 7.16. The van der Waals surface area contributed by atoms with Crippen LogP contribution in [-0.2, 0) is 26.0 Å². The van der Waals surface area contributed by atoms with Gasteiger partial charge in [0.1, 0.15) is 0 Å². The molecule has 8 heteroatoms. The van der Waals surface area contributed by atoms with E-state index in [4.69, 9.17) is 0 Å². The molecule has 0 N–H and O–H groups in total. The Morgan fingerprint density at radius 1 is 0.938 bits per heavy atom. The topological polar surface area (TPSA) is 78.0 Å². The van der Waals surface area contributed by atoms with Crippen molar-refractivity contribution in [2.75, 3.05) is 31.1 Å². The molecule has 2 fully saturated rings. The lowest BCUT2D eigenvalue weighted by molar-refractivity contribution is -0.133. The fourth-order valence-corrected chi connectivity index (χ4v) is 7.10. The maximum absolute atomic E-state index is 13.3. The van der Waals surface area contributed by atoms with Gasteiger partial charge in [0.2, 0.25) is 21.8 Å². The summed E-state index contributed by atoms with van der Waals surface area (Å²) in [5, 5.41) is 0. The standard InChI is InChI=1S/C24H35N3O4S/c1-2-20-8-4-7-16-27(20)32(30,31)21-9-10-22-19(18-21)13-17-26(22)24(29)12-11-23(28)25-14-5-3-6-15-25/h9-10,18,20H,2-8,11-17H2,1H3/t20-/m0/s1. The minimum absolute atomic E-state index is 0.0610. The highest BCUT2D eigenvalue weighted by Gasteiger charge is 2.34. The van der Waals surface area contributed by atoms with Crippen LogP contribution in [0.2, 0.25) is 0 Å². The Labute approximate surface area is 191 Å². The highest BCUT2D eigenvalue weighted by atomic mass is 32.2. The molecule has 1 aromatic rings. The maximum atomic E-state index is 13.3. The number of carbonyl (C=O) groups is 2. The number of anilines is 1. The Kier molecular flexibility index (Phi) is 7.20. The summed E-state index contributed by atoms with van der Waals surface area (Å²) in [6, 6.07) is 5.22. The Hall–Kier alpha value is -1.93. The monoisotopic (exact) mass is 461 g/mol. The van der Waals surface area contributed by atoms with Crippen molar-refractivity contribution in [2.24, 2.45) is 0 Å². The SMILES string of the molecule is CC[C@H]1CCCCN1S(=O)(=O)c1ccc2c(c1)CCN2C(=O)CCC(=O)N1CCCCC1. The number of hydrogen-bond acceptors (Lipinski definition) is 4. The summed E-state index contributed by atoms with van der Waals surface area (Å²) in [7, 11) is -3.54. The summed E-state index contributed by atoms with van der Waals surface area (Å²) in [6.07, 6.45) is 8.05. The van der Waals surface area contributed by atoms with Crippen LogP contribution in [0, 0.1) is 0 Å². The third-order valence-corrected chi connectivity index (χ3v) is 9.11. The molecule has 0 aliphatic carbocycles. The largest absolute Gasteiger partial charge is 0.343 e. The first-order valence-corrected chi connectivity index (χ1v) is 13.6. The number of amides is 2. The van der Waals surface area contributed by atoms with E-state index in [0.29, 0.717) is 24.4 Å². The Balaban J connectivity index is 1.43. The predicted octanol–water partition coefficient (Wildman–Crippen LogP) is 3.32. The minimum atomic E-state index is -3.54. The van der Waals surface area contributed by atoms with Gasteiger partial charge in [-0.1, -0.05) is 13.3 Å². The molecular weight excluding hydrogens is 426 g/mol. The molecule has 32 heavy (non-hydrogen) atoms. The van der Waals surface area contributed by atoms with Crippen LogP contribution in [0.25, 0.3) is 0 Å². The van der Waals surface area contributed by atoms with Crippen molar-refractivity contribution in [2.45, 2.75) is 82.1 Å². The Morgan fingerprint density at radius 3 is 2.41 bits per heavy atom. The van der Waals surface area contributed by atoms with E-state index in [9.17, 15) is 18.0 Å². The first-order valence-electron chi connectivity index (χ1n) is 12.1. The van der Waals surface area contributed by atoms with E-state index in [2.05, 4.69) is 0 Å². The lowest BCUT2D eigenvalue weighted by Gasteiger charge is -2.34. The lowest BCUT2D eigenvalue weighted by Crippen LogP contribution is -2.43. The van der Waals surface area contributed by atoms with E-state index in [1.54, 1.807) is 27.4 Å². The van der Waals surface area contributed by atoms with Crippen LogP contribution < -0.4 is 4.90 Å². The molecular formula is C24H35N3O4S. The second kappa shape index (κ2) is 9.91. The van der Waals surface area contributed by atoms with Gasteiger partial charge in [0.25, 0.3) is 0 Å². The van der Waals surface area contributed by atoms with Gasteiger partial charge in [0.05, 0.1) is 4.90 Å². The normalized spacial score (nSPS) is 22.1. The Bertz CT molecular complexity index is 956. The molecule has 1 aromatic carbocycles.